The summed E-state index contributed by atoms with van der Waals surface area (Å²) in [7, 11) is 4.14. The van der Waals surface area contributed by atoms with Crippen LogP contribution in [0.3, 0.4) is 0 Å². The Morgan fingerprint density at radius 1 is 1.39 bits per heavy atom. The second-order valence-electron chi connectivity index (χ2n) is 4.70. The monoisotopic (exact) mass is 252 g/mol. The zero-order valence-electron chi connectivity index (χ0n) is 11.8. The predicted molar refractivity (Wildman–Crippen MR) is 74.9 cm³/mol. The fourth-order valence-corrected chi connectivity index (χ4v) is 1.38. The van der Waals surface area contributed by atoms with E-state index in [1.807, 2.05) is 0 Å². The molecule has 18 heavy (non-hydrogen) atoms. The smallest absolute Gasteiger partial charge is 0.244 e. The summed E-state index contributed by atoms with van der Waals surface area (Å²) in [5, 5.41) is 14.4. The molecule has 0 saturated carbocycles. The highest BCUT2D eigenvalue weighted by atomic mass is 15.3. The van der Waals surface area contributed by atoms with Crippen LogP contribution in [0.2, 0.25) is 0 Å². The molecule has 0 aliphatic heterocycles. The van der Waals surface area contributed by atoms with Gasteiger partial charge < -0.3 is 15.5 Å². The average Bonchev–Trinajstić information content (AvgIpc) is 2.35. The van der Waals surface area contributed by atoms with Gasteiger partial charge >= 0.3 is 0 Å². The third-order valence-electron chi connectivity index (χ3n) is 2.63. The van der Waals surface area contributed by atoms with Crippen molar-refractivity contribution in [3.05, 3.63) is 6.20 Å². The molecular weight excluding hydrogens is 228 g/mol. The van der Waals surface area contributed by atoms with Crippen molar-refractivity contribution in [3.63, 3.8) is 0 Å². The Kier molecular flexibility index (Phi) is 6.35. The molecule has 0 saturated heterocycles. The van der Waals surface area contributed by atoms with Crippen molar-refractivity contribution < 1.29 is 0 Å². The molecule has 0 amide bonds. The first-order valence-corrected chi connectivity index (χ1v) is 6.46. The molecule has 0 fully saturated rings. The van der Waals surface area contributed by atoms with Crippen LogP contribution in [-0.4, -0.2) is 53.3 Å². The van der Waals surface area contributed by atoms with Gasteiger partial charge in [0.1, 0.15) is 0 Å². The number of anilines is 2. The summed E-state index contributed by atoms with van der Waals surface area (Å²) in [6.07, 6.45) is 3.76. The van der Waals surface area contributed by atoms with Crippen LogP contribution < -0.4 is 10.6 Å². The zero-order valence-corrected chi connectivity index (χ0v) is 11.8. The lowest BCUT2D eigenvalue weighted by Gasteiger charge is -2.12. The molecule has 6 heteroatoms. The summed E-state index contributed by atoms with van der Waals surface area (Å²) < 4.78 is 0. The molecule has 1 rings (SSSR count). The topological polar surface area (TPSA) is 66.0 Å². The molecule has 0 radical (unpaired) electrons. The van der Waals surface area contributed by atoms with E-state index in [0.29, 0.717) is 12.0 Å². The number of hydrogen-bond donors (Lipinski definition) is 2. The van der Waals surface area contributed by atoms with Crippen molar-refractivity contribution in [2.45, 2.75) is 32.7 Å². The number of aromatic nitrogens is 3. The lowest BCUT2D eigenvalue weighted by molar-refractivity contribution is 0.405. The predicted octanol–water partition coefficient (Wildman–Crippen LogP) is 1.45. The van der Waals surface area contributed by atoms with Crippen molar-refractivity contribution in [3.8, 4) is 0 Å². The molecule has 0 spiro atoms. The standard InChI is InChI=1S/C12H24N6/c1-5-10(2)15-12-16-11(9-14-17-12)13-7-6-8-18(3)4/h9-10H,5-8H2,1-4H3,(H2,13,15,16,17). The fraction of sp³-hybridized carbons (Fsp3) is 0.750. The highest BCUT2D eigenvalue weighted by Crippen LogP contribution is 2.06. The molecule has 0 aliphatic carbocycles. The molecule has 1 aromatic heterocycles. The van der Waals surface area contributed by atoms with Crippen molar-refractivity contribution in [1.82, 2.24) is 20.1 Å². The molecule has 0 aliphatic rings. The van der Waals surface area contributed by atoms with Crippen LogP contribution in [0, 0.1) is 0 Å². The summed E-state index contributed by atoms with van der Waals surface area (Å²) in [5.74, 6) is 1.36. The molecule has 6 nitrogen and oxygen atoms in total. The van der Waals surface area contributed by atoms with Crippen LogP contribution in [-0.2, 0) is 0 Å². The Hall–Kier alpha value is -1.43. The average molecular weight is 252 g/mol. The minimum atomic E-state index is 0.357. The van der Waals surface area contributed by atoms with E-state index in [0.717, 1.165) is 31.7 Å². The Morgan fingerprint density at radius 2 is 2.17 bits per heavy atom. The first-order valence-electron chi connectivity index (χ1n) is 6.46. The molecule has 1 unspecified atom stereocenters. The fourth-order valence-electron chi connectivity index (χ4n) is 1.38. The van der Waals surface area contributed by atoms with E-state index >= 15 is 0 Å². The van der Waals surface area contributed by atoms with Crippen molar-refractivity contribution in [2.75, 3.05) is 37.8 Å². The van der Waals surface area contributed by atoms with Crippen LogP contribution in [0.25, 0.3) is 0 Å². The van der Waals surface area contributed by atoms with E-state index in [1.54, 1.807) is 6.20 Å². The second kappa shape index (κ2) is 7.81. The van der Waals surface area contributed by atoms with Crippen LogP contribution in [0.15, 0.2) is 6.20 Å². The van der Waals surface area contributed by atoms with E-state index in [4.69, 9.17) is 0 Å². The Morgan fingerprint density at radius 3 is 2.83 bits per heavy atom. The highest BCUT2D eigenvalue weighted by molar-refractivity contribution is 5.37. The van der Waals surface area contributed by atoms with Crippen LogP contribution in [0.4, 0.5) is 11.8 Å². The first kappa shape index (κ1) is 14.6. The Bertz CT molecular complexity index is 341. The van der Waals surface area contributed by atoms with Gasteiger partial charge in [-0.05, 0) is 40.4 Å². The van der Waals surface area contributed by atoms with E-state index in [-0.39, 0.29) is 0 Å². The number of nitrogens with one attached hydrogen (secondary N) is 2. The molecule has 1 heterocycles. The molecule has 2 N–H and O–H groups in total. The van der Waals surface area contributed by atoms with Crippen LogP contribution in [0.1, 0.15) is 26.7 Å². The highest BCUT2D eigenvalue weighted by Gasteiger charge is 2.03. The molecule has 1 aromatic rings. The molecule has 0 bridgehead atoms. The number of hydrogen-bond acceptors (Lipinski definition) is 6. The minimum absolute atomic E-state index is 0.357. The maximum absolute atomic E-state index is 4.37. The molecule has 102 valence electrons. The van der Waals surface area contributed by atoms with Gasteiger partial charge in [0, 0.05) is 12.6 Å². The second-order valence-corrected chi connectivity index (χ2v) is 4.70. The van der Waals surface area contributed by atoms with Gasteiger partial charge in [0.25, 0.3) is 0 Å². The molecular formula is C12H24N6. The molecule has 0 aromatic carbocycles. The van der Waals surface area contributed by atoms with Gasteiger partial charge in [-0.3, -0.25) is 0 Å². The van der Waals surface area contributed by atoms with Gasteiger partial charge in [-0.2, -0.15) is 10.1 Å². The van der Waals surface area contributed by atoms with Gasteiger partial charge in [-0.15, -0.1) is 5.10 Å². The van der Waals surface area contributed by atoms with Crippen molar-refractivity contribution in [2.24, 2.45) is 0 Å². The lowest BCUT2D eigenvalue weighted by Crippen LogP contribution is -2.18. The van der Waals surface area contributed by atoms with Crippen molar-refractivity contribution >= 4 is 11.8 Å². The van der Waals surface area contributed by atoms with E-state index < -0.39 is 0 Å². The first-order chi connectivity index (χ1) is 8.61. The van der Waals surface area contributed by atoms with Gasteiger partial charge in [0.05, 0.1) is 6.20 Å². The lowest BCUT2D eigenvalue weighted by atomic mass is 10.3. The zero-order chi connectivity index (χ0) is 13.4. The maximum Gasteiger partial charge on any atom is 0.244 e. The van der Waals surface area contributed by atoms with E-state index in [1.165, 1.54) is 0 Å². The maximum atomic E-state index is 4.37. The number of nitrogens with zero attached hydrogens (tertiary/aromatic N) is 4. The summed E-state index contributed by atoms with van der Waals surface area (Å²) in [5.41, 5.74) is 0. The molecule has 1 atom stereocenters. The van der Waals surface area contributed by atoms with E-state index in [2.05, 4.69) is 58.7 Å². The van der Waals surface area contributed by atoms with Gasteiger partial charge in [-0.1, -0.05) is 6.92 Å². The number of rotatable bonds is 8. The summed E-state index contributed by atoms with van der Waals surface area (Å²) in [4.78, 5) is 6.53. The van der Waals surface area contributed by atoms with Crippen LogP contribution in [0.5, 0.6) is 0 Å². The van der Waals surface area contributed by atoms with E-state index in [9.17, 15) is 0 Å². The summed E-state index contributed by atoms with van der Waals surface area (Å²) >= 11 is 0. The Balaban J connectivity index is 2.39. The SMILES string of the molecule is CCC(C)Nc1nncc(NCCCN(C)C)n1. The summed E-state index contributed by atoms with van der Waals surface area (Å²) in [6.45, 7) is 6.16. The normalized spacial score (nSPS) is 12.5. The Labute approximate surface area is 109 Å². The quantitative estimate of drug-likeness (QED) is 0.683. The van der Waals surface area contributed by atoms with Crippen LogP contribution >= 0.6 is 0 Å². The minimum Gasteiger partial charge on any atom is -0.369 e. The van der Waals surface area contributed by atoms with Gasteiger partial charge in [0.15, 0.2) is 5.82 Å². The third kappa shape index (κ3) is 5.77. The van der Waals surface area contributed by atoms with Gasteiger partial charge in [0.2, 0.25) is 5.95 Å². The third-order valence-corrected chi connectivity index (χ3v) is 2.63. The summed E-state index contributed by atoms with van der Waals surface area (Å²) in [6, 6.07) is 0.357. The largest absolute Gasteiger partial charge is 0.369 e. The van der Waals surface area contributed by atoms with Crippen molar-refractivity contribution in [1.29, 1.82) is 0 Å². The van der Waals surface area contributed by atoms with Gasteiger partial charge in [-0.25, -0.2) is 0 Å².